The number of carbonyl (C=O) groups is 2. The van der Waals surface area contributed by atoms with Gasteiger partial charge in [-0.25, -0.2) is 0 Å². The minimum Gasteiger partial charge on any atom is -0.484 e. The summed E-state index contributed by atoms with van der Waals surface area (Å²) in [6, 6.07) is 22.8. The average molecular weight is 480 g/mol. The SMILES string of the molecule is N#CC(=Cc1cccc(OCC(=O)Nc2ccc(Cl)c(Cl)c2)c1)C(=O)NCc1ccccc1. The molecule has 33 heavy (non-hydrogen) atoms. The van der Waals surface area contributed by atoms with Crippen LogP contribution in [0.5, 0.6) is 5.75 Å². The van der Waals surface area contributed by atoms with Gasteiger partial charge in [-0.3, -0.25) is 9.59 Å². The second kappa shape index (κ2) is 11.7. The number of hydrogen-bond acceptors (Lipinski definition) is 4. The third kappa shape index (κ3) is 7.39. The van der Waals surface area contributed by atoms with Crippen molar-refractivity contribution in [3.63, 3.8) is 0 Å². The number of hydrogen-bond donors (Lipinski definition) is 2. The third-order valence-electron chi connectivity index (χ3n) is 4.40. The maximum atomic E-state index is 12.4. The summed E-state index contributed by atoms with van der Waals surface area (Å²) in [5, 5.41) is 15.5. The number of halogens is 2. The largest absolute Gasteiger partial charge is 0.484 e. The van der Waals surface area contributed by atoms with E-state index in [1.807, 2.05) is 36.4 Å². The van der Waals surface area contributed by atoms with E-state index in [2.05, 4.69) is 10.6 Å². The molecule has 3 aromatic carbocycles. The lowest BCUT2D eigenvalue weighted by Gasteiger charge is -2.09. The van der Waals surface area contributed by atoms with Gasteiger partial charge in [-0.15, -0.1) is 0 Å². The predicted octanol–water partition coefficient (Wildman–Crippen LogP) is 5.23. The molecule has 0 heterocycles. The standard InChI is InChI=1S/C25H19Cl2N3O3/c26-22-10-9-20(13-23(22)27)30-24(31)16-33-21-8-4-7-18(12-21)11-19(14-28)25(32)29-15-17-5-2-1-3-6-17/h1-13H,15-16H2,(H,29,32)(H,30,31). The zero-order valence-corrected chi connectivity index (χ0v) is 18.9. The highest BCUT2D eigenvalue weighted by Gasteiger charge is 2.10. The van der Waals surface area contributed by atoms with Gasteiger partial charge in [0.15, 0.2) is 6.61 Å². The van der Waals surface area contributed by atoms with Crippen LogP contribution in [0.25, 0.3) is 6.08 Å². The maximum Gasteiger partial charge on any atom is 0.262 e. The lowest BCUT2D eigenvalue weighted by molar-refractivity contribution is -0.118. The summed E-state index contributed by atoms with van der Waals surface area (Å²) in [6.45, 7) is 0.0753. The highest BCUT2D eigenvalue weighted by Crippen LogP contribution is 2.25. The fraction of sp³-hybridized carbons (Fsp3) is 0.0800. The van der Waals surface area contributed by atoms with E-state index in [1.165, 1.54) is 6.08 Å². The van der Waals surface area contributed by atoms with Gasteiger partial charge in [0.2, 0.25) is 0 Å². The summed E-state index contributed by atoms with van der Waals surface area (Å²) >= 11 is 11.8. The van der Waals surface area contributed by atoms with E-state index in [4.69, 9.17) is 27.9 Å². The zero-order chi connectivity index (χ0) is 23.6. The Morgan fingerprint density at radius 3 is 2.48 bits per heavy atom. The molecule has 0 saturated carbocycles. The minimum atomic E-state index is -0.478. The second-order valence-electron chi connectivity index (χ2n) is 6.88. The number of nitrogens with zero attached hydrogens (tertiary/aromatic N) is 1. The van der Waals surface area contributed by atoms with Gasteiger partial charge in [0.1, 0.15) is 17.4 Å². The number of amides is 2. The van der Waals surface area contributed by atoms with Crippen molar-refractivity contribution in [2.45, 2.75) is 6.54 Å². The monoisotopic (exact) mass is 479 g/mol. The van der Waals surface area contributed by atoms with E-state index in [0.29, 0.717) is 33.6 Å². The molecule has 3 aromatic rings. The molecule has 0 atom stereocenters. The van der Waals surface area contributed by atoms with Gasteiger partial charge >= 0.3 is 0 Å². The molecule has 0 radical (unpaired) electrons. The van der Waals surface area contributed by atoms with Gasteiger partial charge in [0.05, 0.1) is 10.0 Å². The molecule has 0 fully saturated rings. The summed E-state index contributed by atoms with van der Waals surface area (Å²) in [5.41, 5.74) is 1.97. The van der Waals surface area contributed by atoms with Crippen molar-refractivity contribution in [1.82, 2.24) is 5.32 Å². The molecular weight excluding hydrogens is 461 g/mol. The van der Waals surface area contributed by atoms with Crippen molar-refractivity contribution < 1.29 is 14.3 Å². The van der Waals surface area contributed by atoms with Crippen molar-refractivity contribution in [1.29, 1.82) is 5.26 Å². The Balaban J connectivity index is 1.58. The smallest absolute Gasteiger partial charge is 0.262 e. The van der Waals surface area contributed by atoms with Gasteiger partial charge in [0, 0.05) is 12.2 Å². The molecule has 2 amide bonds. The lowest BCUT2D eigenvalue weighted by Crippen LogP contribution is -2.23. The quantitative estimate of drug-likeness (QED) is 0.341. The van der Waals surface area contributed by atoms with Crippen LogP contribution in [0, 0.1) is 11.3 Å². The van der Waals surface area contributed by atoms with Gasteiger partial charge in [0.25, 0.3) is 11.8 Å². The Bertz CT molecular complexity index is 1220. The van der Waals surface area contributed by atoms with Gasteiger partial charge in [-0.05, 0) is 47.5 Å². The fourth-order valence-corrected chi connectivity index (χ4v) is 3.10. The van der Waals surface area contributed by atoms with Crippen molar-refractivity contribution in [3.8, 4) is 11.8 Å². The molecule has 0 bridgehead atoms. The molecule has 0 saturated heterocycles. The van der Waals surface area contributed by atoms with Crippen LogP contribution in [0.1, 0.15) is 11.1 Å². The molecule has 166 valence electrons. The van der Waals surface area contributed by atoms with E-state index in [9.17, 15) is 14.9 Å². The van der Waals surface area contributed by atoms with Crippen LogP contribution < -0.4 is 15.4 Å². The van der Waals surface area contributed by atoms with E-state index in [-0.39, 0.29) is 18.1 Å². The number of nitrogens with one attached hydrogen (secondary N) is 2. The van der Waals surface area contributed by atoms with Gasteiger partial charge < -0.3 is 15.4 Å². The minimum absolute atomic E-state index is 0.0413. The summed E-state index contributed by atoms with van der Waals surface area (Å²) in [6.07, 6.45) is 1.46. The van der Waals surface area contributed by atoms with E-state index >= 15 is 0 Å². The summed E-state index contributed by atoms with van der Waals surface area (Å²) in [4.78, 5) is 24.5. The number of carbonyl (C=O) groups excluding carboxylic acids is 2. The number of benzene rings is 3. The summed E-state index contributed by atoms with van der Waals surface area (Å²) < 4.78 is 5.53. The zero-order valence-electron chi connectivity index (χ0n) is 17.3. The lowest BCUT2D eigenvalue weighted by atomic mass is 10.1. The molecule has 0 aliphatic rings. The van der Waals surface area contributed by atoms with E-state index < -0.39 is 5.91 Å². The first-order chi connectivity index (χ1) is 15.9. The molecular formula is C25H19Cl2N3O3. The summed E-state index contributed by atoms with van der Waals surface area (Å²) in [5.74, 6) is -0.448. The molecule has 2 N–H and O–H groups in total. The Labute approximate surface area is 201 Å². The normalized spacial score (nSPS) is 10.8. The molecule has 3 rings (SSSR count). The van der Waals surface area contributed by atoms with E-state index in [0.717, 1.165) is 5.56 Å². The Hall–Kier alpha value is -3.79. The molecule has 0 spiro atoms. The molecule has 6 nitrogen and oxygen atoms in total. The maximum absolute atomic E-state index is 12.4. The van der Waals surface area contributed by atoms with Crippen LogP contribution in [0.3, 0.4) is 0 Å². The highest BCUT2D eigenvalue weighted by molar-refractivity contribution is 6.42. The molecule has 0 aliphatic carbocycles. The first-order valence-corrected chi connectivity index (χ1v) is 10.6. The average Bonchev–Trinajstić information content (AvgIpc) is 2.83. The molecule has 0 aliphatic heterocycles. The molecule has 0 unspecified atom stereocenters. The number of anilines is 1. The Morgan fingerprint density at radius 1 is 0.970 bits per heavy atom. The number of nitriles is 1. The van der Waals surface area contributed by atoms with Crippen LogP contribution in [0.4, 0.5) is 5.69 Å². The van der Waals surface area contributed by atoms with Crippen LogP contribution in [-0.4, -0.2) is 18.4 Å². The van der Waals surface area contributed by atoms with Gasteiger partial charge in [-0.2, -0.15) is 5.26 Å². The Kier molecular flexibility index (Phi) is 8.48. The van der Waals surface area contributed by atoms with Crippen molar-refractivity contribution in [2.24, 2.45) is 0 Å². The first-order valence-electron chi connectivity index (χ1n) is 9.86. The first kappa shape index (κ1) is 23.9. The van der Waals surface area contributed by atoms with Crippen LogP contribution >= 0.6 is 23.2 Å². The summed E-state index contributed by atoms with van der Waals surface area (Å²) in [7, 11) is 0. The van der Waals surface area contributed by atoms with Crippen LogP contribution in [-0.2, 0) is 16.1 Å². The van der Waals surface area contributed by atoms with Gasteiger partial charge in [-0.1, -0.05) is 65.7 Å². The molecule has 0 aromatic heterocycles. The number of ether oxygens (including phenoxy) is 1. The second-order valence-corrected chi connectivity index (χ2v) is 7.69. The molecule has 8 heteroatoms. The van der Waals surface area contributed by atoms with Crippen LogP contribution in [0.15, 0.2) is 78.4 Å². The van der Waals surface area contributed by atoms with Crippen molar-refractivity contribution in [2.75, 3.05) is 11.9 Å². The fourth-order valence-electron chi connectivity index (χ4n) is 2.80. The van der Waals surface area contributed by atoms with E-state index in [1.54, 1.807) is 42.5 Å². The van der Waals surface area contributed by atoms with Crippen LogP contribution in [0.2, 0.25) is 10.0 Å². The third-order valence-corrected chi connectivity index (χ3v) is 5.14. The topological polar surface area (TPSA) is 91.2 Å². The van der Waals surface area contributed by atoms with Crippen molar-refractivity contribution >= 4 is 46.8 Å². The Morgan fingerprint density at radius 2 is 1.76 bits per heavy atom. The van der Waals surface area contributed by atoms with Crippen molar-refractivity contribution in [3.05, 3.63) is 99.5 Å². The number of rotatable bonds is 8. The predicted molar refractivity (Wildman–Crippen MR) is 129 cm³/mol. The highest BCUT2D eigenvalue weighted by atomic mass is 35.5.